The maximum absolute atomic E-state index is 12.7. The third-order valence-electron chi connectivity index (χ3n) is 5.50. The highest BCUT2D eigenvalue weighted by Gasteiger charge is 2.16. The fourth-order valence-corrected chi connectivity index (χ4v) is 3.89. The van der Waals surface area contributed by atoms with E-state index in [1.54, 1.807) is 0 Å². The molecule has 13 nitrogen and oxygen atoms in total. The van der Waals surface area contributed by atoms with Crippen LogP contribution in [0.1, 0.15) is 5.56 Å². The van der Waals surface area contributed by atoms with E-state index in [-0.39, 0.29) is 39.0 Å². The van der Waals surface area contributed by atoms with Crippen molar-refractivity contribution in [3.63, 3.8) is 0 Å². The number of nitrogens with zero attached hydrogens (tertiary/aromatic N) is 4. The number of likely N-dealkylation sites (N-methyl/N-ethyl adjacent to an activating group) is 1. The van der Waals surface area contributed by atoms with Crippen LogP contribution in [0.15, 0.2) is 59.7 Å². The molecule has 0 aliphatic carbocycles. The number of carbonyl (C=O) groups excluding carboxylic acids is 2. The third kappa shape index (κ3) is 7.97. The summed E-state index contributed by atoms with van der Waals surface area (Å²) in [6.45, 7) is 3.08. The van der Waals surface area contributed by atoms with Crippen molar-refractivity contribution in [3.05, 3.63) is 80.8 Å². The number of aromatic amines is 1. The summed E-state index contributed by atoms with van der Waals surface area (Å²) in [6, 6.07) is 11.9. The normalized spacial score (nSPS) is 10.8. The van der Waals surface area contributed by atoms with Gasteiger partial charge in [0.05, 0.1) is 16.4 Å². The van der Waals surface area contributed by atoms with E-state index in [1.165, 1.54) is 35.3 Å². The van der Waals surface area contributed by atoms with Crippen molar-refractivity contribution in [2.24, 2.45) is 0 Å². The van der Waals surface area contributed by atoms with Gasteiger partial charge in [-0.1, -0.05) is 40.9 Å². The molecule has 15 heteroatoms. The average molecular weight is 600 g/mol. The first-order valence-corrected chi connectivity index (χ1v) is 13.0. The predicted molar refractivity (Wildman–Crippen MR) is 158 cm³/mol. The molecule has 0 unspecified atom stereocenters. The summed E-state index contributed by atoms with van der Waals surface area (Å²) in [5.74, 6) is 0.685. The first-order valence-electron chi connectivity index (χ1n) is 12.2. The maximum Gasteiger partial charge on any atom is 0.324 e. The number of anilines is 3. The Morgan fingerprint density at radius 2 is 1.73 bits per heavy atom. The van der Waals surface area contributed by atoms with Gasteiger partial charge in [0.15, 0.2) is 0 Å². The van der Waals surface area contributed by atoms with Crippen molar-refractivity contribution in [2.75, 3.05) is 43.1 Å². The smallest absolute Gasteiger partial charge is 0.324 e. The number of ether oxygens (including phenoxy) is 1. The van der Waals surface area contributed by atoms with E-state index < -0.39 is 17.6 Å². The van der Waals surface area contributed by atoms with Gasteiger partial charge in [-0.25, -0.2) is 24.2 Å². The molecule has 4 amide bonds. The van der Waals surface area contributed by atoms with Gasteiger partial charge in [0.1, 0.15) is 28.7 Å². The van der Waals surface area contributed by atoms with Crippen LogP contribution in [0, 0.1) is 6.92 Å². The standard InChI is InChI=1S/C26H27Cl2N9O4/c1-15-4-6-16(7-5-15)37-20(13-21(38)35-37)34-26(40)32-17-8-9-18(24(28)23(17)27)41-22-12-19(30-14-31-22)33-25(39)29-10-11-36(2)3/h4-9,12-14H,10-11H2,1-3H3,(H,35,38)(H2,32,34,40)(H2,29,30,31,33,39). The highest BCUT2D eigenvalue weighted by atomic mass is 35.5. The van der Waals surface area contributed by atoms with Crippen molar-refractivity contribution in [1.29, 1.82) is 0 Å². The molecule has 2 aromatic carbocycles. The number of benzene rings is 2. The summed E-state index contributed by atoms with van der Waals surface area (Å²) in [4.78, 5) is 46.8. The Morgan fingerprint density at radius 3 is 2.46 bits per heavy atom. The van der Waals surface area contributed by atoms with Crippen LogP contribution in [0.25, 0.3) is 5.69 Å². The number of amides is 4. The lowest BCUT2D eigenvalue weighted by molar-refractivity contribution is 0.250. The van der Waals surface area contributed by atoms with Gasteiger partial charge >= 0.3 is 12.1 Å². The fourth-order valence-electron chi connectivity index (χ4n) is 3.49. The zero-order valence-electron chi connectivity index (χ0n) is 22.3. The summed E-state index contributed by atoms with van der Waals surface area (Å²) >= 11 is 12.8. The van der Waals surface area contributed by atoms with Crippen molar-refractivity contribution < 1.29 is 14.3 Å². The lowest BCUT2D eigenvalue weighted by Crippen LogP contribution is -2.34. The largest absolute Gasteiger partial charge is 0.437 e. The Labute approximate surface area is 244 Å². The molecule has 0 aliphatic heterocycles. The van der Waals surface area contributed by atoms with Crippen LogP contribution in [-0.4, -0.2) is 63.9 Å². The number of hydrogen-bond acceptors (Lipinski definition) is 7. The molecule has 0 saturated heterocycles. The van der Waals surface area contributed by atoms with Gasteiger partial charge < -0.3 is 20.3 Å². The van der Waals surface area contributed by atoms with Crippen molar-refractivity contribution in [3.8, 4) is 17.3 Å². The van der Waals surface area contributed by atoms with Gasteiger partial charge in [-0.05, 0) is 45.3 Å². The number of H-pyrrole nitrogens is 1. The average Bonchev–Trinajstić information content (AvgIpc) is 3.28. The molecule has 4 aromatic rings. The van der Waals surface area contributed by atoms with Gasteiger partial charge in [0.2, 0.25) is 5.88 Å². The summed E-state index contributed by atoms with van der Waals surface area (Å²) < 4.78 is 7.19. The molecular weight excluding hydrogens is 573 g/mol. The van der Waals surface area contributed by atoms with Crippen LogP contribution in [0.4, 0.5) is 26.9 Å². The molecular formula is C26H27Cl2N9O4. The summed E-state index contributed by atoms with van der Waals surface area (Å²) in [7, 11) is 3.80. The second kappa shape index (κ2) is 13.2. The molecule has 2 aromatic heterocycles. The minimum absolute atomic E-state index is 0.0111. The summed E-state index contributed by atoms with van der Waals surface area (Å²) in [6.07, 6.45) is 1.22. The van der Waals surface area contributed by atoms with Gasteiger partial charge in [-0.2, -0.15) is 0 Å². The van der Waals surface area contributed by atoms with Crippen LogP contribution in [0.3, 0.4) is 0 Å². The first-order chi connectivity index (χ1) is 19.6. The number of rotatable bonds is 9. The molecule has 2 heterocycles. The Morgan fingerprint density at radius 1 is 0.976 bits per heavy atom. The molecule has 0 radical (unpaired) electrons. The highest BCUT2D eigenvalue weighted by molar-refractivity contribution is 6.45. The number of hydrogen-bond donors (Lipinski definition) is 5. The van der Waals surface area contributed by atoms with Gasteiger partial charge in [0, 0.05) is 25.2 Å². The number of carbonyl (C=O) groups is 2. The summed E-state index contributed by atoms with van der Waals surface area (Å²) in [5.41, 5.74) is 1.51. The van der Waals surface area contributed by atoms with E-state index in [1.807, 2.05) is 50.2 Å². The van der Waals surface area contributed by atoms with E-state index in [9.17, 15) is 14.4 Å². The molecule has 5 N–H and O–H groups in total. The fraction of sp³-hybridized carbons (Fsp3) is 0.192. The molecule has 0 atom stereocenters. The first kappa shape index (κ1) is 29.4. The molecule has 0 aliphatic rings. The van der Waals surface area contributed by atoms with Crippen LogP contribution in [-0.2, 0) is 0 Å². The molecule has 0 fully saturated rings. The van der Waals surface area contributed by atoms with Crippen molar-refractivity contribution in [2.45, 2.75) is 6.92 Å². The molecule has 41 heavy (non-hydrogen) atoms. The van der Waals surface area contributed by atoms with E-state index in [0.29, 0.717) is 18.8 Å². The minimum Gasteiger partial charge on any atom is -0.437 e. The minimum atomic E-state index is -0.660. The second-order valence-electron chi connectivity index (χ2n) is 9.02. The predicted octanol–water partition coefficient (Wildman–Crippen LogP) is 4.69. The van der Waals surface area contributed by atoms with Crippen LogP contribution in [0.5, 0.6) is 11.6 Å². The van der Waals surface area contributed by atoms with Crippen LogP contribution < -0.4 is 31.6 Å². The Hall–Kier alpha value is -4.59. The lowest BCUT2D eigenvalue weighted by Gasteiger charge is -2.14. The summed E-state index contributed by atoms with van der Waals surface area (Å²) in [5, 5.41) is 13.2. The zero-order chi connectivity index (χ0) is 29.5. The quantitative estimate of drug-likeness (QED) is 0.186. The number of halogens is 2. The second-order valence-corrected chi connectivity index (χ2v) is 9.78. The molecule has 0 spiro atoms. The van der Waals surface area contributed by atoms with Crippen LogP contribution in [0.2, 0.25) is 10.0 Å². The Kier molecular flexibility index (Phi) is 9.45. The SMILES string of the molecule is Cc1ccc(-n2[nH]c(=O)cc2NC(=O)Nc2ccc(Oc3cc(NC(=O)NCCN(C)C)ncn3)c(Cl)c2Cl)cc1. The van der Waals surface area contributed by atoms with Gasteiger partial charge in [0.25, 0.3) is 5.56 Å². The molecule has 0 bridgehead atoms. The number of aromatic nitrogens is 4. The zero-order valence-corrected chi connectivity index (χ0v) is 23.8. The number of nitrogens with one attached hydrogen (secondary N) is 5. The Balaban J connectivity index is 1.41. The number of aryl methyl sites for hydroxylation is 1. The van der Waals surface area contributed by atoms with Crippen molar-refractivity contribution >= 4 is 52.6 Å². The highest BCUT2D eigenvalue weighted by Crippen LogP contribution is 2.39. The van der Waals surface area contributed by atoms with E-state index in [2.05, 4.69) is 36.3 Å². The Bertz CT molecular complexity index is 1600. The molecule has 214 valence electrons. The van der Waals surface area contributed by atoms with E-state index >= 15 is 0 Å². The van der Waals surface area contributed by atoms with E-state index in [0.717, 1.165) is 5.56 Å². The molecule has 0 saturated carbocycles. The topological polar surface area (TPSA) is 158 Å². The molecule has 4 rings (SSSR count). The lowest BCUT2D eigenvalue weighted by atomic mass is 10.2. The van der Waals surface area contributed by atoms with Gasteiger partial charge in [-0.3, -0.25) is 20.5 Å². The van der Waals surface area contributed by atoms with Crippen LogP contribution >= 0.6 is 23.2 Å². The van der Waals surface area contributed by atoms with E-state index in [4.69, 9.17) is 27.9 Å². The maximum atomic E-state index is 12.7. The number of urea groups is 2. The third-order valence-corrected chi connectivity index (χ3v) is 6.37. The van der Waals surface area contributed by atoms with Gasteiger partial charge in [-0.15, -0.1) is 0 Å². The monoisotopic (exact) mass is 599 g/mol. The van der Waals surface area contributed by atoms with Crippen molar-refractivity contribution in [1.82, 2.24) is 30.0 Å².